The quantitative estimate of drug-likeness (QED) is 0.754. The van der Waals surface area contributed by atoms with Crippen molar-refractivity contribution in [2.45, 2.75) is 45.2 Å². The number of hydrogen-bond donors (Lipinski definition) is 0. The Morgan fingerprint density at radius 3 is 2.44 bits per heavy atom. The zero-order valence-corrected chi connectivity index (χ0v) is 10.8. The average Bonchev–Trinajstić information content (AvgIpc) is 2.77. The molecule has 0 bridgehead atoms. The van der Waals surface area contributed by atoms with E-state index in [1.807, 2.05) is 6.92 Å². The smallest absolute Gasteiger partial charge is 0.293 e. The van der Waals surface area contributed by atoms with Crippen LogP contribution in [0.4, 0.5) is 13.2 Å². The van der Waals surface area contributed by atoms with Gasteiger partial charge in [0.05, 0.1) is 4.88 Å². The summed E-state index contributed by atoms with van der Waals surface area (Å²) in [6.07, 6.45) is 1.14. The number of rotatable bonds is 2. The molecule has 0 spiro atoms. The highest BCUT2D eigenvalue weighted by Crippen LogP contribution is 2.41. The Labute approximate surface area is 107 Å². The van der Waals surface area contributed by atoms with Gasteiger partial charge in [-0.05, 0) is 12.8 Å². The summed E-state index contributed by atoms with van der Waals surface area (Å²) in [5.74, 6) is -0.185. The highest BCUT2D eigenvalue weighted by atomic mass is 32.1. The van der Waals surface area contributed by atoms with Crippen LogP contribution in [-0.4, -0.2) is 10.8 Å². The Hall–Kier alpha value is -0.910. The molecule has 6 heteroatoms. The first-order valence-corrected chi connectivity index (χ1v) is 6.72. The SMILES string of the molecule is CC1(C(=O)c2cnc(C(F)(F)F)s2)CCCCC1. The standard InChI is InChI=1S/C12H14F3NOS/c1-11(5-3-2-4-6-11)9(17)8-7-16-10(18-8)12(13,14)15/h7H,2-6H2,1H3. The Morgan fingerprint density at radius 2 is 1.94 bits per heavy atom. The second-order valence-corrected chi connectivity index (χ2v) is 6.01. The van der Waals surface area contributed by atoms with E-state index < -0.39 is 16.6 Å². The van der Waals surface area contributed by atoms with Gasteiger partial charge in [0.2, 0.25) is 0 Å². The minimum absolute atomic E-state index is 0.131. The first-order valence-electron chi connectivity index (χ1n) is 5.91. The van der Waals surface area contributed by atoms with Crippen molar-refractivity contribution in [2.75, 3.05) is 0 Å². The molecular weight excluding hydrogens is 263 g/mol. The van der Waals surface area contributed by atoms with Gasteiger partial charge in [-0.1, -0.05) is 26.2 Å². The monoisotopic (exact) mass is 277 g/mol. The highest BCUT2D eigenvalue weighted by molar-refractivity contribution is 7.13. The van der Waals surface area contributed by atoms with Gasteiger partial charge in [-0.3, -0.25) is 4.79 Å². The molecule has 0 radical (unpaired) electrons. The molecule has 1 saturated carbocycles. The third-order valence-corrected chi connectivity index (χ3v) is 4.52. The van der Waals surface area contributed by atoms with Gasteiger partial charge < -0.3 is 0 Å². The van der Waals surface area contributed by atoms with Gasteiger partial charge in [0.25, 0.3) is 0 Å². The molecule has 18 heavy (non-hydrogen) atoms. The van der Waals surface area contributed by atoms with Crippen molar-refractivity contribution in [2.24, 2.45) is 5.41 Å². The van der Waals surface area contributed by atoms with Crippen LogP contribution in [-0.2, 0) is 6.18 Å². The molecule has 1 aliphatic carbocycles. The lowest BCUT2D eigenvalue weighted by Crippen LogP contribution is -2.29. The number of thiazole rings is 1. The molecule has 0 unspecified atom stereocenters. The number of hydrogen-bond acceptors (Lipinski definition) is 3. The zero-order chi connectivity index (χ0) is 13.4. The minimum Gasteiger partial charge on any atom is -0.293 e. The first kappa shape index (κ1) is 13.5. The summed E-state index contributed by atoms with van der Waals surface area (Å²) >= 11 is 0.454. The lowest BCUT2D eigenvalue weighted by atomic mass is 9.72. The first-order chi connectivity index (χ1) is 8.33. The predicted molar refractivity (Wildman–Crippen MR) is 62.6 cm³/mol. The number of ketones is 1. The van der Waals surface area contributed by atoms with E-state index >= 15 is 0 Å². The fraction of sp³-hybridized carbons (Fsp3) is 0.667. The average molecular weight is 277 g/mol. The summed E-state index contributed by atoms with van der Waals surface area (Å²) in [4.78, 5) is 15.7. The largest absolute Gasteiger partial charge is 0.443 e. The van der Waals surface area contributed by atoms with E-state index in [1.165, 1.54) is 0 Å². The maximum absolute atomic E-state index is 12.4. The van der Waals surface area contributed by atoms with Crippen LogP contribution in [0.1, 0.15) is 53.7 Å². The fourth-order valence-corrected chi connectivity index (χ4v) is 3.24. The molecule has 1 aromatic heterocycles. The lowest BCUT2D eigenvalue weighted by molar-refractivity contribution is -0.137. The van der Waals surface area contributed by atoms with Crippen LogP contribution < -0.4 is 0 Å². The molecule has 0 atom stereocenters. The topological polar surface area (TPSA) is 30.0 Å². The Balaban J connectivity index is 2.21. The lowest BCUT2D eigenvalue weighted by Gasteiger charge is -2.31. The van der Waals surface area contributed by atoms with E-state index in [0.29, 0.717) is 11.3 Å². The summed E-state index contributed by atoms with van der Waals surface area (Å²) in [6.45, 7) is 1.85. The van der Waals surface area contributed by atoms with E-state index in [-0.39, 0.29) is 10.7 Å². The van der Waals surface area contributed by atoms with E-state index in [0.717, 1.165) is 38.3 Å². The van der Waals surface area contributed by atoms with Crippen LogP contribution in [0.25, 0.3) is 0 Å². The molecule has 1 heterocycles. The van der Waals surface area contributed by atoms with E-state index in [1.54, 1.807) is 0 Å². The van der Waals surface area contributed by atoms with E-state index in [4.69, 9.17) is 0 Å². The normalized spacial score (nSPS) is 19.8. The summed E-state index contributed by atoms with van der Waals surface area (Å²) in [5.41, 5.74) is -0.506. The van der Waals surface area contributed by atoms with Crippen molar-refractivity contribution in [3.8, 4) is 0 Å². The molecule has 0 saturated heterocycles. The molecule has 2 nitrogen and oxygen atoms in total. The van der Waals surface area contributed by atoms with Crippen LogP contribution >= 0.6 is 11.3 Å². The predicted octanol–water partition coefficient (Wildman–Crippen LogP) is 4.32. The van der Waals surface area contributed by atoms with Crippen molar-refractivity contribution in [3.63, 3.8) is 0 Å². The summed E-state index contributed by atoms with van der Waals surface area (Å²) < 4.78 is 37.3. The van der Waals surface area contributed by atoms with E-state index in [9.17, 15) is 18.0 Å². The van der Waals surface area contributed by atoms with Gasteiger partial charge in [-0.15, -0.1) is 11.3 Å². The van der Waals surface area contributed by atoms with Crippen LogP contribution in [0.3, 0.4) is 0 Å². The number of carbonyl (C=O) groups is 1. The zero-order valence-electron chi connectivity index (χ0n) is 10.0. The highest BCUT2D eigenvalue weighted by Gasteiger charge is 2.39. The van der Waals surface area contributed by atoms with Crippen LogP contribution in [0, 0.1) is 5.41 Å². The molecule has 2 rings (SSSR count). The maximum atomic E-state index is 12.4. The molecular formula is C12H14F3NOS. The molecule has 1 aromatic rings. The van der Waals surface area contributed by atoms with Crippen molar-refractivity contribution in [1.82, 2.24) is 4.98 Å². The maximum Gasteiger partial charge on any atom is 0.443 e. The molecule has 0 aliphatic heterocycles. The third kappa shape index (κ3) is 2.58. The van der Waals surface area contributed by atoms with Crippen molar-refractivity contribution in [3.05, 3.63) is 16.1 Å². The summed E-state index contributed by atoms with van der Waals surface area (Å²) in [7, 11) is 0. The fourth-order valence-electron chi connectivity index (χ4n) is 2.37. The van der Waals surface area contributed by atoms with Gasteiger partial charge in [0.15, 0.2) is 10.8 Å². The Morgan fingerprint density at radius 1 is 1.33 bits per heavy atom. The van der Waals surface area contributed by atoms with Crippen molar-refractivity contribution >= 4 is 17.1 Å². The van der Waals surface area contributed by atoms with Crippen molar-refractivity contribution < 1.29 is 18.0 Å². The van der Waals surface area contributed by atoms with E-state index in [2.05, 4.69) is 4.98 Å². The molecule has 1 aliphatic rings. The summed E-state index contributed by atoms with van der Waals surface area (Å²) in [5, 5.41) is -0.940. The number of aromatic nitrogens is 1. The molecule has 0 aromatic carbocycles. The van der Waals surface area contributed by atoms with Crippen LogP contribution in [0.5, 0.6) is 0 Å². The Kier molecular flexibility index (Phi) is 3.49. The van der Waals surface area contributed by atoms with Gasteiger partial charge in [-0.25, -0.2) is 4.98 Å². The Bertz CT molecular complexity index is 446. The second-order valence-electron chi connectivity index (χ2n) is 4.98. The molecule has 0 amide bonds. The number of Topliss-reactive ketones (excluding diaryl/α,β-unsaturated/α-hetero) is 1. The van der Waals surface area contributed by atoms with Gasteiger partial charge >= 0.3 is 6.18 Å². The number of halogens is 3. The summed E-state index contributed by atoms with van der Waals surface area (Å²) in [6, 6.07) is 0. The number of carbonyl (C=O) groups excluding carboxylic acids is 1. The van der Waals surface area contributed by atoms with Gasteiger partial charge in [-0.2, -0.15) is 13.2 Å². The molecule has 100 valence electrons. The molecule has 1 fully saturated rings. The van der Waals surface area contributed by atoms with Crippen molar-refractivity contribution in [1.29, 1.82) is 0 Å². The van der Waals surface area contributed by atoms with Crippen LogP contribution in [0.15, 0.2) is 6.20 Å². The van der Waals surface area contributed by atoms with Gasteiger partial charge in [0.1, 0.15) is 0 Å². The second kappa shape index (κ2) is 4.64. The minimum atomic E-state index is -4.46. The molecule has 0 N–H and O–H groups in total. The number of nitrogens with zero attached hydrogens (tertiary/aromatic N) is 1. The van der Waals surface area contributed by atoms with Gasteiger partial charge in [0, 0.05) is 11.6 Å². The number of alkyl halides is 3. The van der Waals surface area contributed by atoms with Crippen LogP contribution in [0.2, 0.25) is 0 Å². The third-order valence-electron chi connectivity index (χ3n) is 3.48.